The van der Waals surface area contributed by atoms with Crippen LogP contribution in [0.15, 0.2) is 16.6 Å². The lowest BCUT2D eigenvalue weighted by atomic mass is 10.1. The van der Waals surface area contributed by atoms with E-state index in [1.807, 2.05) is 0 Å². The molecule has 6 heteroatoms. The Hall–Kier alpha value is -1.11. The van der Waals surface area contributed by atoms with Crippen LogP contribution >= 0.6 is 15.9 Å². The molecule has 1 aromatic rings. The van der Waals surface area contributed by atoms with Gasteiger partial charge in [-0.15, -0.1) is 0 Å². The Morgan fingerprint density at radius 2 is 2.31 bits per heavy atom. The average molecular weight is 289 g/mol. The van der Waals surface area contributed by atoms with Crippen LogP contribution in [0.4, 0.5) is 5.69 Å². The van der Waals surface area contributed by atoms with Crippen LogP contribution in [0.3, 0.4) is 0 Å². The number of hydrogen-bond acceptors (Lipinski definition) is 4. The Kier molecular flexibility index (Phi) is 4.72. The van der Waals surface area contributed by atoms with Crippen molar-refractivity contribution < 1.29 is 14.7 Å². The number of nitrogens with one attached hydrogen (secondary N) is 1. The maximum atomic E-state index is 11.0. The van der Waals surface area contributed by atoms with Crippen LogP contribution in [-0.2, 0) is 16.1 Å². The van der Waals surface area contributed by atoms with E-state index in [1.165, 1.54) is 13.0 Å². The van der Waals surface area contributed by atoms with Crippen molar-refractivity contribution in [1.29, 1.82) is 0 Å². The van der Waals surface area contributed by atoms with E-state index in [0.29, 0.717) is 18.7 Å². The first-order valence-electron chi connectivity index (χ1n) is 4.66. The normalized spacial score (nSPS) is 10.2. The molecule has 1 amide bonds. The molecule has 0 bridgehead atoms. The van der Waals surface area contributed by atoms with E-state index >= 15 is 0 Å². The van der Waals surface area contributed by atoms with E-state index in [1.54, 1.807) is 6.07 Å². The van der Waals surface area contributed by atoms with E-state index < -0.39 is 0 Å². The summed E-state index contributed by atoms with van der Waals surface area (Å²) in [6.07, 6.45) is 0.487. The molecule has 0 aliphatic heterocycles. The molecule has 1 aromatic carbocycles. The molecule has 0 aliphatic carbocycles. The molecule has 0 radical (unpaired) electrons. The summed E-state index contributed by atoms with van der Waals surface area (Å²) >= 11 is 3.34. The summed E-state index contributed by atoms with van der Waals surface area (Å²) in [5.41, 5.74) is 1.14. The van der Waals surface area contributed by atoms with Crippen LogP contribution in [-0.4, -0.2) is 17.6 Å². The van der Waals surface area contributed by atoms with Crippen molar-refractivity contribution in [2.45, 2.75) is 13.3 Å². The Bertz CT molecular complexity index is 396. The highest BCUT2D eigenvalue weighted by Crippen LogP contribution is 2.33. The number of carbonyl (C=O) groups excluding carboxylic acids is 1. The molecule has 16 heavy (non-hydrogen) atoms. The van der Waals surface area contributed by atoms with Gasteiger partial charge >= 0.3 is 0 Å². The fraction of sp³-hybridized carbons (Fsp3) is 0.300. The van der Waals surface area contributed by atoms with Crippen LogP contribution in [0.25, 0.3) is 0 Å². The first kappa shape index (κ1) is 13.0. The quantitative estimate of drug-likeness (QED) is 0.580. The van der Waals surface area contributed by atoms with E-state index in [0.717, 1.165) is 10.0 Å². The van der Waals surface area contributed by atoms with Gasteiger partial charge in [-0.2, -0.15) is 0 Å². The van der Waals surface area contributed by atoms with Gasteiger partial charge in [-0.25, -0.2) is 5.90 Å². The van der Waals surface area contributed by atoms with Gasteiger partial charge in [0.1, 0.15) is 5.75 Å². The topological polar surface area (TPSA) is 84.6 Å². The van der Waals surface area contributed by atoms with Crippen LogP contribution in [0.5, 0.6) is 5.75 Å². The predicted octanol–water partition coefficient (Wildman–Crippen LogP) is 1.55. The molecule has 0 saturated heterocycles. The lowest BCUT2D eigenvalue weighted by Crippen LogP contribution is -2.11. The number of benzene rings is 1. The summed E-state index contributed by atoms with van der Waals surface area (Å²) in [5.74, 6) is 4.72. The number of amides is 1. The summed E-state index contributed by atoms with van der Waals surface area (Å²) in [5, 5.41) is 12.2. The van der Waals surface area contributed by atoms with Crippen molar-refractivity contribution in [2.24, 2.45) is 5.90 Å². The second kappa shape index (κ2) is 5.83. The van der Waals surface area contributed by atoms with Crippen LogP contribution in [0.2, 0.25) is 0 Å². The lowest BCUT2D eigenvalue weighted by Gasteiger charge is -2.13. The van der Waals surface area contributed by atoms with Crippen molar-refractivity contribution in [3.8, 4) is 5.75 Å². The van der Waals surface area contributed by atoms with E-state index in [4.69, 9.17) is 5.90 Å². The van der Waals surface area contributed by atoms with Gasteiger partial charge < -0.3 is 15.3 Å². The maximum absolute atomic E-state index is 11.0. The molecular weight excluding hydrogens is 276 g/mol. The minimum Gasteiger partial charge on any atom is -0.506 e. The van der Waals surface area contributed by atoms with Crippen molar-refractivity contribution >= 4 is 27.5 Å². The molecular formula is C10H13BrN2O3. The van der Waals surface area contributed by atoms with Crippen molar-refractivity contribution in [1.82, 2.24) is 0 Å². The van der Waals surface area contributed by atoms with Crippen LogP contribution in [0, 0.1) is 0 Å². The number of halogens is 1. The Balaban J connectivity index is 3.09. The van der Waals surface area contributed by atoms with Gasteiger partial charge in [0.25, 0.3) is 0 Å². The van der Waals surface area contributed by atoms with Gasteiger partial charge in [0, 0.05) is 17.8 Å². The maximum Gasteiger partial charge on any atom is 0.221 e. The molecule has 0 spiro atoms. The molecule has 0 saturated carbocycles. The summed E-state index contributed by atoms with van der Waals surface area (Å²) in [6.45, 7) is 1.68. The minimum absolute atomic E-state index is 0.0189. The molecule has 4 N–H and O–H groups in total. The molecule has 0 atom stereocenters. The fourth-order valence-corrected chi connectivity index (χ4v) is 1.86. The average Bonchev–Trinajstić information content (AvgIpc) is 2.22. The molecule has 5 nitrogen and oxygen atoms in total. The number of carbonyl (C=O) groups is 1. The second-order valence-corrected chi connectivity index (χ2v) is 4.08. The molecule has 1 rings (SSSR count). The third-order valence-electron chi connectivity index (χ3n) is 2.00. The number of aromatic hydroxyl groups is 1. The number of phenols is 1. The van der Waals surface area contributed by atoms with Crippen molar-refractivity contribution in [2.75, 3.05) is 11.9 Å². The van der Waals surface area contributed by atoms with E-state index in [-0.39, 0.29) is 11.7 Å². The third-order valence-corrected chi connectivity index (χ3v) is 2.75. The number of hydrogen-bond donors (Lipinski definition) is 3. The first-order chi connectivity index (χ1) is 7.56. The van der Waals surface area contributed by atoms with Crippen molar-refractivity contribution in [3.63, 3.8) is 0 Å². The standard InChI is InChI=1S/C10H13BrN2O3/c1-6(14)13-10-7(4-5-16-12)8(11)2-3-9(10)15/h2-3,15H,4-5,12H2,1H3,(H,13,14). The summed E-state index contributed by atoms with van der Waals surface area (Å²) in [4.78, 5) is 15.5. The van der Waals surface area contributed by atoms with Crippen LogP contribution in [0.1, 0.15) is 12.5 Å². The summed E-state index contributed by atoms with van der Waals surface area (Å²) in [6, 6.07) is 3.20. The minimum atomic E-state index is -0.247. The van der Waals surface area contributed by atoms with E-state index in [2.05, 4.69) is 26.1 Å². The third kappa shape index (κ3) is 3.19. The Morgan fingerprint density at radius 1 is 1.62 bits per heavy atom. The summed E-state index contributed by atoms with van der Waals surface area (Å²) in [7, 11) is 0. The first-order valence-corrected chi connectivity index (χ1v) is 5.45. The van der Waals surface area contributed by atoms with Gasteiger partial charge in [-0.1, -0.05) is 15.9 Å². The zero-order valence-corrected chi connectivity index (χ0v) is 10.4. The zero-order valence-electron chi connectivity index (χ0n) is 8.79. The van der Waals surface area contributed by atoms with Gasteiger partial charge in [-0.3, -0.25) is 4.79 Å². The second-order valence-electron chi connectivity index (χ2n) is 3.22. The molecule has 0 unspecified atom stereocenters. The highest BCUT2D eigenvalue weighted by molar-refractivity contribution is 9.10. The van der Waals surface area contributed by atoms with Gasteiger partial charge in [0.05, 0.1) is 12.3 Å². The van der Waals surface area contributed by atoms with Crippen LogP contribution < -0.4 is 11.2 Å². The van der Waals surface area contributed by atoms with Crippen molar-refractivity contribution in [3.05, 3.63) is 22.2 Å². The molecule has 0 aliphatic rings. The van der Waals surface area contributed by atoms with Gasteiger partial charge in [0.2, 0.25) is 5.91 Å². The van der Waals surface area contributed by atoms with Gasteiger partial charge in [-0.05, 0) is 17.7 Å². The number of nitrogens with two attached hydrogens (primary N) is 1. The number of rotatable bonds is 4. The SMILES string of the molecule is CC(=O)Nc1c(O)ccc(Br)c1CCON. The highest BCUT2D eigenvalue weighted by Gasteiger charge is 2.12. The van der Waals surface area contributed by atoms with E-state index in [9.17, 15) is 9.90 Å². The number of anilines is 1. The number of phenolic OH excluding ortho intramolecular Hbond substituents is 1. The predicted molar refractivity (Wildman–Crippen MR) is 64.0 cm³/mol. The molecule has 88 valence electrons. The monoisotopic (exact) mass is 288 g/mol. The lowest BCUT2D eigenvalue weighted by molar-refractivity contribution is -0.114. The Labute approximate surface area is 102 Å². The molecule has 0 fully saturated rings. The fourth-order valence-electron chi connectivity index (χ4n) is 1.33. The smallest absolute Gasteiger partial charge is 0.221 e. The molecule has 0 aromatic heterocycles. The summed E-state index contributed by atoms with van der Waals surface area (Å²) < 4.78 is 0.783. The molecule has 0 heterocycles. The zero-order chi connectivity index (χ0) is 12.1. The largest absolute Gasteiger partial charge is 0.506 e. The Morgan fingerprint density at radius 3 is 2.88 bits per heavy atom. The van der Waals surface area contributed by atoms with Gasteiger partial charge in [0.15, 0.2) is 0 Å². The highest BCUT2D eigenvalue weighted by atomic mass is 79.9.